The molecule has 1 aromatic carbocycles. The second-order valence-electron chi connectivity index (χ2n) is 7.12. The number of aromatic nitrogens is 4. The van der Waals surface area contributed by atoms with Crippen molar-refractivity contribution in [1.29, 1.82) is 0 Å². The van der Waals surface area contributed by atoms with Crippen LogP contribution in [0, 0.1) is 11.8 Å². The Hall–Kier alpha value is -2.28. The summed E-state index contributed by atoms with van der Waals surface area (Å²) in [6.07, 6.45) is 3.83. The average molecular weight is 342 g/mol. The van der Waals surface area contributed by atoms with E-state index in [2.05, 4.69) is 39.6 Å². The normalized spacial score (nSPS) is 21.2. The van der Waals surface area contributed by atoms with Crippen LogP contribution in [-0.4, -0.2) is 57.2 Å². The maximum atomic E-state index is 12.2. The highest BCUT2D eigenvalue weighted by Gasteiger charge is 2.21. The van der Waals surface area contributed by atoms with Gasteiger partial charge in [-0.1, -0.05) is 13.8 Å². The van der Waals surface area contributed by atoms with Gasteiger partial charge in [0, 0.05) is 25.2 Å². The standard InChI is InChI=1S/C18H26N6O/c1-14-10-15(2)12-23(11-14)9-3-8-19-18(25)16-4-6-17(7-5-16)24-13-20-21-22-24/h4-7,13-15H,3,8-12H2,1-2H3,(H,19,25). The van der Waals surface area contributed by atoms with Crippen LogP contribution in [0.5, 0.6) is 0 Å². The van der Waals surface area contributed by atoms with E-state index in [9.17, 15) is 4.79 Å². The second-order valence-corrected chi connectivity index (χ2v) is 7.12. The highest BCUT2D eigenvalue weighted by Crippen LogP contribution is 2.20. The number of rotatable bonds is 6. The molecule has 3 rings (SSSR count). The zero-order valence-electron chi connectivity index (χ0n) is 14.9. The minimum absolute atomic E-state index is 0.0383. The zero-order chi connectivity index (χ0) is 17.6. The lowest BCUT2D eigenvalue weighted by atomic mass is 9.92. The molecule has 1 aliphatic heterocycles. The molecule has 1 amide bonds. The summed E-state index contributed by atoms with van der Waals surface area (Å²) >= 11 is 0. The molecule has 2 atom stereocenters. The third-order valence-corrected chi connectivity index (χ3v) is 4.62. The topological polar surface area (TPSA) is 75.9 Å². The Morgan fingerprint density at radius 1 is 1.20 bits per heavy atom. The number of carbonyl (C=O) groups is 1. The molecule has 0 aliphatic carbocycles. The first kappa shape index (κ1) is 17.5. The lowest BCUT2D eigenvalue weighted by Crippen LogP contribution is -2.40. The Morgan fingerprint density at radius 2 is 1.92 bits per heavy atom. The summed E-state index contributed by atoms with van der Waals surface area (Å²) in [5.41, 5.74) is 1.48. The van der Waals surface area contributed by atoms with E-state index in [0.29, 0.717) is 12.1 Å². The van der Waals surface area contributed by atoms with Crippen LogP contribution in [0.4, 0.5) is 0 Å². The van der Waals surface area contributed by atoms with Crippen molar-refractivity contribution in [2.24, 2.45) is 11.8 Å². The Bertz CT molecular complexity index is 659. The molecule has 2 heterocycles. The molecule has 1 aliphatic rings. The van der Waals surface area contributed by atoms with Crippen molar-refractivity contribution in [3.63, 3.8) is 0 Å². The van der Waals surface area contributed by atoms with E-state index in [1.807, 2.05) is 12.1 Å². The maximum absolute atomic E-state index is 12.2. The highest BCUT2D eigenvalue weighted by molar-refractivity contribution is 5.94. The van der Waals surface area contributed by atoms with Crippen molar-refractivity contribution in [2.75, 3.05) is 26.2 Å². The van der Waals surface area contributed by atoms with Gasteiger partial charge in [-0.25, -0.2) is 4.68 Å². The molecule has 2 unspecified atom stereocenters. The molecule has 134 valence electrons. The largest absolute Gasteiger partial charge is 0.352 e. The number of hydrogen-bond acceptors (Lipinski definition) is 5. The number of likely N-dealkylation sites (tertiary alicyclic amines) is 1. The second kappa shape index (κ2) is 8.20. The monoisotopic (exact) mass is 342 g/mol. The van der Waals surface area contributed by atoms with E-state index in [-0.39, 0.29) is 5.91 Å². The van der Waals surface area contributed by atoms with Gasteiger partial charge in [0.05, 0.1) is 5.69 Å². The molecule has 1 saturated heterocycles. The minimum atomic E-state index is -0.0383. The predicted octanol–water partition coefficient (Wildman–Crippen LogP) is 1.76. The molecular weight excluding hydrogens is 316 g/mol. The maximum Gasteiger partial charge on any atom is 0.251 e. The molecule has 2 aromatic rings. The molecular formula is C18H26N6O. The number of tetrazole rings is 1. The van der Waals surface area contributed by atoms with Crippen molar-refractivity contribution < 1.29 is 4.79 Å². The summed E-state index contributed by atoms with van der Waals surface area (Å²) in [6, 6.07) is 7.25. The number of nitrogens with one attached hydrogen (secondary N) is 1. The van der Waals surface area contributed by atoms with Crippen molar-refractivity contribution in [3.8, 4) is 5.69 Å². The predicted molar refractivity (Wildman–Crippen MR) is 95.5 cm³/mol. The van der Waals surface area contributed by atoms with Gasteiger partial charge >= 0.3 is 0 Å². The van der Waals surface area contributed by atoms with Crippen molar-refractivity contribution in [3.05, 3.63) is 36.2 Å². The Kier molecular flexibility index (Phi) is 5.75. The van der Waals surface area contributed by atoms with Crippen molar-refractivity contribution in [1.82, 2.24) is 30.4 Å². The summed E-state index contributed by atoms with van der Waals surface area (Å²) in [4.78, 5) is 14.7. The SMILES string of the molecule is CC1CC(C)CN(CCCNC(=O)c2ccc(-n3cnnn3)cc2)C1. The van der Waals surface area contributed by atoms with E-state index < -0.39 is 0 Å². The van der Waals surface area contributed by atoms with Crippen LogP contribution in [0.3, 0.4) is 0 Å². The van der Waals surface area contributed by atoms with E-state index in [1.165, 1.54) is 25.8 Å². The molecule has 1 aromatic heterocycles. The van der Waals surface area contributed by atoms with Crippen LogP contribution >= 0.6 is 0 Å². The van der Waals surface area contributed by atoms with Gasteiger partial charge in [0.15, 0.2) is 0 Å². The number of piperidine rings is 1. The Balaban J connectivity index is 1.42. The number of nitrogens with zero attached hydrogens (tertiary/aromatic N) is 5. The highest BCUT2D eigenvalue weighted by atomic mass is 16.1. The number of amides is 1. The number of hydrogen-bond donors (Lipinski definition) is 1. The first-order chi connectivity index (χ1) is 12.1. The van der Waals surface area contributed by atoms with Gasteiger partial charge in [-0.15, -0.1) is 5.10 Å². The van der Waals surface area contributed by atoms with Gasteiger partial charge in [-0.2, -0.15) is 0 Å². The van der Waals surface area contributed by atoms with Crippen LogP contribution in [0.1, 0.15) is 37.0 Å². The van der Waals surface area contributed by atoms with E-state index in [1.54, 1.807) is 16.8 Å². The minimum Gasteiger partial charge on any atom is -0.352 e. The lowest BCUT2D eigenvalue weighted by Gasteiger charge is -2.34. The molecule has 25 heavy (non-hydrogen) atoms. The van der Waals surface area contributed by atoms with Gasteiger partial charge in [0.2, 0.25) is 0 Å². The summed E-state index contributed by atoms with van der Waals surface area (Å²) in [7, 11) is 0. The summed E-state index contributed by atoms with van der Waals surface area (Å²) in [5, 5.41) is 14.0. The van der Waals surface area contributed by atoms with Crippen LogP contribution < -0.4 is 5.32 Å². The smallest absolute Gasteiger partial charge is 0.251 e. The lowest BCUT2D eigenvalue weighted by molar-refractivity contribution is 0.0947. The van der Waals surface area contributed by atoms with Crippen LogP contribution in [-0.2, 0) is 0 Å². The quantitative estimate of drug-likeness (QED) is 0.810. The third kappa shape index (κ3) is 4.85. The summed E-state index contributed by atoms with van der Waals surface area (Å²) in [6.45, 7) is 8.75. The number of carbonyl (C=O) groups excluding carboxylic acids is 1. The van der Waals surface area contributed by atoms with Gasteiger partial charge in [-0.3, -0.25) is 4.79 Å². The average Bonchev–Trinajstić information content (AvgIpc) is 3.12. The first-order valence-corrected chi connectivity index (χ1v) is 8.96. The Labute approximate surface area is 148 Å². The van der Waals surface area contributed by atoms with Gasteiger partial charge in [0.25, 0.3) is 5.91 Å². The third-order valence-electron chi connectivity index (χ3n) is 4.62. The summed E-state index contributed by atoms with van der Waals surface area (Å²) < 4.78 is 1.56. The van der Waals surface area contributed by atoms with Gasteiger partial charge < -0.3 is 10.2 Å². The van der Waals surface area contributed by atoms with Crippen molar-refractivity contribution >= 4 is 5.91 Å². The van der Waals surface area contributed by atoms with E-state index in [4.69, 9.17) is 0 Å². The molecule has 1 N–H and O–H groups in total. The van der Waals surface area contributed by atoms with Gasteiger partial charge in [0.1, 0.15) is 6.33 Å². The zero-order valence-corrected chi connectivity index (χ0v) is 14.9. The molecule has 7 heteroatoms. The van der Waals surface area contributed by atoms with E-state index >= 15 is 0 Å². The summed E-state index contributed by atoms with van der Waals surface area (Å²) in [5.74, 6) is 1.51. The molecule has 0 bridgehead atoms. The number of benzene rings is 1. The first-order valence-electron chi connectivity index (χ1n) is 8.96. The fraction of sp³-hybridized carbons (Fsp3) is 0.556. The molecule has 1 fully saturated rings. The molecule has 0 spiro atoms. The molecule has 0 radical (unpaired) electrons. The van der Waals surface area contributed by atoms with Crippen LogP contribution in [0.25, 0.3) is 5.69 Å². The van der Waals surface area contributed by atoms with Crippen LogP contribution in [0.15, 0.2) is 30.6 Å². The fourth-order valence-electron chi connectivity index (χ4n) is 3.63. The Morgan fingerprint density at radius 3 is 2.56 bits per heavy atom. The molecule has 0 saturated carbocycles. The van der Waals surface area contributed by atoms with E-state index in [0.717, 1.165) is 30.5 Å². The van der Waals surface area contributed by atoms with Crippen molar-refractivity contribution in [2.45, 2.75) is 26.7 Å². The van der Waals surface area contributed by atoms with Gasteiger partial charge in [-0.05, 0) is 65.9 Å². The van der Waals surface area contributed by atoms with Crippen LogP contribution in [0.2, 0.25) is 0 Å². The fourth-order valence-corrected chi connectivity index (χ4v) is 3.63. The molecule has 7 nitrogen and oxygen atoms in total.